The third kappa shape index (κ3) is 2.38. The molecular formula is C12H22N2O2. The van der Waals surface area contributed by atoms with Crippen molar-refractivity contribution in [1.29, 1.82) is 0 Å². The first-order valence-corrected chi connectivity index (χ1v) is 6.28. The van der Waals surface area contributed by atoms with Crippen LogP contribution in [0.25, 0.3) is 0 Å². The van der Waals surface area contributed by atoms with Crippen LogP contribution < -0.4 is 5.32 Å². The summed E-state index contributed by atoms with van der Waals surface area (Å²) in [7, 11) is 4.10. The number of hydrogen-bond donors (Lipinski definition) is 1. The molecule has 1 atom stereocenters. The molecule has 2 aliphatic rings. The molecule has 1 N–H and O–H groups in total. The van der Waals surface area contributed by atoms with Crippen LogP contribution in [0.5, 0.6) is 0 Å². The van der Waals surface area contributed by atoms with Crippen molar-refractivity contribution < 1.29 is 9.53 Å². The van der Waals surface area contributed by atoms with Crippen LogP contribution in [0.3, 0.4) is 0 Å². The van der Waals surface area contributed by atoms with Gasteiger partial charge in [-0.05, 0) is 39.8 Å². The molecule has 1 aliphatic heterocycles. The van der Waals surface area contributed by atoms with Crippen molar-refractivity contribution in [2.24, 2.45) is 0 Å². The molecule has 1 heterocycles. The number of esters is 1. The molecule has 1 aliphatic carbocycles. The van der Waals surface area contributed by atoms with Crippen LogP contribution in [-0.4, -0.2) is 49.7 Å². The molecule has 1 saturated carbocycles. The summed E-state index contributed by atoms with van der Waals surface area (Å²) in [5, 5.41) is 3.33. The minimum Gasteiger partial charge on any atom is -0.464 e. The Hall–Kier alpha value is -0.610. The lowest BCUT2D eigenvalue weighted by Gasteiger charge is -2.36. The zero-order valence-electron chi connectivity index (χ0n) is 10.2. The van der Waals surface area contributed by atoms with Crippen LogP contribution >= 0.6 is 0 Å². The number of rotatable bonds is 3. The molecule has 4 nitrogen and oxygen atoms in total. The highest BCUT2D eigenvalue weighted by Crippen LogP contribution is 2.25. The molecule has 0 radical (unpaired) electrons. The molecule has 0 aromatic heterocycles. The Morgan fingerprint density at radius 1 is 1.25 bits per heavy atom. The first-order chi connectivity index (χ1) is 7.72. The SMILES string of the molecule is CNC1CCC(N(C)C2CCOC2=O)CC1. The van der Waals surface area contributed by atoms with E-state index in [4.69, 9.17) is 4.74 Å². The summed E-state index contributed by atoms with van der Waals surface area (Å²) >= 11 is 0. The summed E-state index contributed by atoms with van der Waals surface area (Å²) in [6.45, 7) is 0.597. The Bertz CT molecular complexity index is 249. The van der Waals surface area contributed by atoms with E-state index in [1.807, 2.05) is 7.05 Å². The maximum Gasteiger partial charge on any atom is 0.323 e. The molecule has 1 unspecified atom stereocenters. The second kappa shape index (κ2) is 5.15. The van der Waals surface area contributed by atoms with Crippen LogP contribution in [0.4, 0.5) is 0 Å². The first-order valence-electron chi connectivity index (χ1n) is 6.28. The van der Waals surface area contributed by atoms with Gasteiger partial charge < -0.3 is 10.1 Å². The summed E-state index contributed by atoms with van der Waals surface area (Å²) in [6.07, 6.45) is 5.67. The van der Waals surface area contributed by atoms with E-state index in [1.54, 1.807) is 0 Å². The average molecular weight is 226 g/mol. The monoisotopic (exact) mass is 226 g/mol. The highest BCUT2D eigenvalue weighted by atomic mass is 16.5. The number of ether oxygens (including phenoxy) is 1. The van der Waals surface area contributed by atoms with E-state index in [0.717, 1.165) is 6.42 Å². The van der Waals surface area contributed by atoms with Crippen molar-refractivity contribution in [2.75, 3.05) is 20.7 Å². The number of hydrogen-bond acceptors (Lipinski definition) is 4. The van der Waals surface area contributed by atoms with E-state index < -0.39 is 0 Å². The van der Waals surface area contributed by atoms with Crippen molar-refractivity contribution in [1.82, 2.24) is 10.2 Å². The fourth-order valence-electron chi connectivity index (χ4n) is 2.88. The Morgan fingerprint density at radius 2 is 1.94 bits per heavy atom. The second-order valence-corrected chi connectivity index (χ2v) is 4.93. The quantitative estimate of drug-likeness (QED) is 0.722. The van der Waals surface area contributed by atoms with Crippen LogP contribution in [0.2, 0.25) is 0 Å². The summed E-state index contributed by atoms with van der Waals surface area (Å²) < 4.78 is 5.03. The summed E-state index contributed by atoms with van der Waals surface area (Å²) in [4.78, 5) is 13.7. The summed E-state index contributed by atoms with van der Waals surface area (Å²) in [6, 6.07) is 1.23. The van der Waals surface area contributed by atoms with Crippen LogP contribution in [0, 0.1) is 0 Å². The predicted molar refractivity (Wildman–Crippen MR) is 62.2 cm³/mol. The Balaban J connectivity index is 1.86. The predicted octanol–water partition coefficient (Wildman–Crippen LogP) is 0.764. The van der Waals surface area contributed by atoms with Crippen LogP contribution in [0.1, 0.15) is 32.1 Å². The van der Waals surface area contributed by atoms with Gasteiger partial charge in [0.15, 0.2) is 0 Å². The summed E-state index contributed by atoms with van der Waals surface area (Å²) in [5.74, 6) is -0.0294. The van der Waals surface area contributed by atoms with Crippen LogP contribution in [0.15, 0.2) is 0 Å². The minimum atomic E-state index is -0.0294. The largest absolute Gasteiger partial charge is 0.464 e. The van der Waals surface area contributed by atoms with Gasteiger partial charge in [0, 0.05) is 18.5 Å². The van der Waals surface area contributed by atoms with Gasteiger partial charge in [-0.2, -0.15) is 0 Å². The highest BCUT2D eigenvalue weighted by Gasteiger charge is 2.35. The van der Waals surface area contributed by atoms with E-state index in [-0.39, 0.29) is 12.0 Å². The minimum absolute atomic E-state index is 0.0103. The molecule has 1 saturated heterocycles. The molecule has 0 bridgehead atoms. The van der Waals surface area contributed by atoms with Crippen molar-refractivity contribution >= 4 is 5.97 Å². The van der Waals surface area contributed by atoms with Crippen molar-refractivity contribution in [2.45, 2.75) is 50.2 Å². The van der Waals surface area contributed by atoms with Gasteiger partial charge in [-0.1, -0.05) is 0 Å². The van der Waals surface area contributed by atoms with Gasteiger partial charge in [0.1, 0.15) is 6.04 Å². The molecule has 0 aromatic rings. The molecule has 4 heteroatoms. The number of likely N-dealkylation sites (N-methyl/N-ethyl adjacent to an activating group) is 1. The average Bonchev–Trinajstić information content (AvgIpc) is 2.75. The molecular weight excluding hydrogens is 204 g/mol. The van der Waals surface area contributed by atoms with E-state index in [1.165, 1.54) is 25.7 Å². The highest BCUT2D eigenvalue weighted by molar-refractivity contribution is 5.77. The fourth-order valence-corrected chi connectivity index (χ4v) is 2.88. The number of nitrogens with zero attached hydrogens (tertiary/aromatic N) is 1. The molecule has 2 rings (SSSR count). The van der Waals surface area contributed by atoms with E-state index >= 15 is 0 Å². The molecule has 0 amide bonds. The normalized spacial score (nSPS) is 35.4. The van der Waals surface area contributed by atoms with Gasteiger partial charge in [0.2, 0.25) is 0 Å². The number of cyclic esters (lactones) is 1. The zero-order valence-corrected chi connectivity index (χ0v) is 10.2. The molecule has 0 aromatic carbocycles. The lowest BCUT2D eigenvalue weighted by atomic mass is 9.89. The Morgan fingerprint density at radius 3 is 2.44 bits per heavy atom. The Labute approximate surface area is 97.3 Å². The number of carbonyl (C=O) groups excluding carboxylic acids is 1. The zero-order chi connectivity index (χ0) is 11.5. The van der Waals surface area contributed by atoms with Crippen molar-refractivity contribution in [3.63, 3.8) is 0 Å². The first kappa shape index (κ1) is 11.9. The van der Waals surface area contributed by atoms with Gasteiger partial charge in [-0.15, -0.1) is 0 Å². The molecule has 0 spiro atoms. The third-order valence-corrected chi connectivity index (χ3v) is 4.08. The lowest BCUT2D eigenvalue weighted by molar-refractivity contribution is -0.142. The fraction of sp³-hybridized carbons (Fsp3) is 0.917. The standard InChI is InChI=1S/C12H22N2O2/c1-13-9-3-5-10(6-4-9)14(2)11-7-8-16-12(11)15/h9-11,13H,3-8H2,1-2H3. The van der Waals surface area contributed by atoms with Gasteiger partial charge in [-0.25, -0.2) is 0 Å². The molecule has 2 fully saturated rings. The second-order valence-electron chi connectivity index (χ2n) is 4.93. The van der Waals surface area contributed by atoms with Gasteiger partial charge in [-0.3, -0.25) is 9.69 Å². The van der Waals surface area contributed by atoms with E-state index in [0.29, 0.717) is 18.7 Å². The topological polar surface area (TPSA) is 41.6 Å². The van der Waals surface area contributed by atoms with Gasteiger partial charge in [0.25, 0.3) is 0 Å². The van der Waals surface area contributed by atoms with Crippen molar-refractivity contribution in [3.05, 3.63) is 0 Å². The van der Waals surface area contributed by atoms with Crippen molar-refractivity contribution in [3.8, 4) is 0 Å². The number of nitrogens with one attached hydrogen (secondary N) is 1. The van der Waals surface area contributed by atoms with Gasteiger partial charge >= 0.3 is 5.97 Å². The Kier molecular flexibility index (Phi) is 3.82. The number of carbonyl (C=O) groups is 1. The van der Waals surface area contributed by atoms with E-state index in [9.17, 15) is 4.79 Å². The van der Waals surface area contributed by atoms with Gasteiger partial charge in [0.05, 0.1) is 6.61 Å². The van der Waals surface area contributed by atoms with E-state index in [2.05, 4.69) is 17.3 Å². The maximum absolute atomic E-state index is 11.5. The maximum atomic E-state index is 11.5. The molecule has 92 valence electrons. The third-order valence-electron chi connectivity index (χ3n) is 4.08. The van der Waals surface area contributed by atoms with Crippen LogP contribution in [-0.2, 0) is 9.53 Å². The smallest absolute Gasteiger partial charge is 0.323 e. The molecule has 16 heavy (non-hydrogen) atoms. The summed E-state index contributed by atoms with van der Waals surface area (Å²) in [5.41, 5.74) is 0. The lowest BCUT2D eigenvalue weighted by Crippen LogP contribution is -2.46.